The molecule has 2 rings (SSSR count). The average molecular weight is 193 g/mol. The monoisotopic (exact) mass is 193 g/mol. The third-order valence-electron chi connectivity index (χ3n) is 2.50. The molecule has 1 aromatic heterocycles. The summed E-state index contributed by atoms with van der Waals surface area (Å²) >= 11 is 0. The molecular weight excluding hydrogens is 178 g/mol. The molecule has 4 nitrogen and oxygen atoms in total. The lowest BCUT2D eigenvalue weighted by Gasteiger charge is -2.18. The first kappa shape index (κ1) is 9.40. The van der Waals surface area contributed by atoms with Crippen molar-refractivity contribution in [2.45, 2.75) is 25.2 Å². The molecule has 2 heterocycles. The van der Waals surface area contributed by atoms with Gasteiger partial charge in [0.25, 0.3) is 0 Å². The summed E-state index contributed by atoms with van der Waals surface area (Å²) in [7, 11) is 0. The number of rotatable bonds is 3. The molecule has 0 unspecified atom stereocenters. The van der Waals surface area contributed by atoms with Crippen LogP contribution in [0.2, 0.25) is 0 Å². The molecule has 0 amide bonds. The number of allylic oxidation sites excluding steroid dienone is 1. The molecule has 0 bridgehead atoms. The summed E-state index contributed by atoms with van der Waals surface area (Å²) in [6.45, 7) is 5.74. The van der Waals surface area contributed by atoms with E-state index in [9.17, 15) is 0 Å². The topological polar surface area (TPSA) is 51.0 Å². The van der Waals surface area contributed by atoms with Crippen LogP contribution in [0.5, 0.6) is 0 Å². The van der Waals surface area contributed by atoms with Crippen molar-refractivity contribution in [2.75, 3.05) is 13.1 Å². The Morgan fingerprint density at radius 2 is 2.29 bits per heavy atom. The molecule has 0 radical (unpaired) electrons. The summed E-state index contributed by atoms with van der Waals surface area (Å²) in [6.07, 6.45) is 4.66. The highest BCUT2D eigenvalue weighted by Crippen LogP contribution is 2.23. The van der Waals surface area contributed by atoms with Gasteiger partial charge in [-0.15, -0.1) is 6.58 Å². The zero-order valence-electron chi connectivity index (χ0n) is 8.20. The zero-order valence-corrected chi connectivity index (χ0v) is 8.20. The van der Waals surface area contributed by atoms with Crippen LogP contribution in [-0.2, 0) is 6.42 Å². The molecule has 14 heavy (non-hydrogen) atoms. The summed E-state index contributed by atoms with van der Waals surface area (Å²) in [4.78, 5) is 4.35. The SMILES string of the molecule is C=CCc1noc(C2CCNCC2)n1. The van der Waals surface area contributed by atoms with Crippen LogP contribution in [0.1, 0.15) is 30.5 Å². The Morgan fingerprint density at radius 3 is 3.00 bits per heavy atom. The van der Waals surface area contributed by atoms with Gasteiger partial charge >= 0.3 is 0 Å². The molecular formula is C10H15N3O. The van der Waals surface area contributed by atoms with E-state index in [0.717, 1.165) is 37.6 Å². The van der Waals surface area contributed by atoms with Gasteiger partial charge in [0.1, 0.15) is 0 Å². The fourth-order valence-corrected chi connectivity index (χ4v) is 1.71. The van der Waals surface area contributed by atoms with Gasteiger partial charge in [0, 0.05) is 12.3 Å². The number of piperidine rings is 1. The number of hydrogen-bond acceptors (Lipinski definition) is 4. The number of hydrogen-bond donors (Lipinski definition) is 1. The highest BCUT2D eigenvalue weighted by Gasteiger charge is 2.20. The molecule has 1 fully saturated rings. The minimum Gasteiger partial charge on any atom is -0.339 e. The maximum Gasteiger partial charge on any atom is 0.229 e. The summed E-state index contributed by atoms with van der Waals surface area (Å²) < 4.78 is 5.22. The van der Waals surface area contributed by atoms with E-state index in [0.29, 0.717) is 12.3 Å². The van der Waals surface area contributed by atoms with Crippen LogP contribution in [0.3, 0.4) is 0 Å². The van der Waals surface area contributed by atoms with Crippen LogP contribution in [0.15, 0.2) is 17.2 Å². The van der Waals surface area contributed by atoms with Crippen molar-refractivity contribution in [3.05, 3.63) is 24.4 Å². The highest BCUT2D eigenvalue weighted by molar-refractivity contribution is 4.98. The van der Waals surface area contributed by atoms with Crippen molar-refractivity contribution in [3.63, 3.8) is 0 Å². The molecule has 1 aliphatic rings. The Hall–Kier alpha value is -1.16. The van der Waals surface area contributed by atoms with Gasteiger partial charge in [-0.3, -0.25) is 0 Å². The molecule has 0 aromatic carbocycles. The number of nitrogens with one attached hydrogen (secondary N) is 1. The average Bonchev–Trinajstić information content (AvgIpc) is 2.68. The summed E-state index contributed by atoms with van der Waals surface area (Å²) in [6, 6.07) is 0. The minimum absolute atomic E-state index is 0.447. The Balaban J connectivity index is 2.03. The molecule has 1 saturated heterocycles. The van der Waals surface area contributed by atoms with Gasteiger partial charge in [-0.05, 0) is 25.9 Å². The van der Waals surface area contributed by atoms with Gasteiger partial charge in [-0.1, -0.05) is 11.2 Å². The fraction of sp³-hybridized carbons (Fsp3) is 0.600. The van der Waals surface area contributed by atoms with Crippen molar-refractivity contribution in [1.29, 1.82) is 0 Å². The third kappa shape index (κ3) is 2.01. The van der Waals surface area contributed by atoms with E-state index in [1.165, 1.54) is 0 Å². The largest absolute Gasteiger partial charge is 0.339 e. The molecule has 1 N–H and O–H groups in total. The van der Waals surface area contributed by atoms with E-state index < -0.39 is 0 Å². The fourth-order valence-electron chi connectivity index (χ4n) is 1.71. The van der Waals surface area contributed by atoms with Gasteiger partial charge in [0.05, 0.1) is 0 Å². The standard InChI is InChI=1S/C10H15N3O/c1-2-3-9-12-10(14-13-9)8-4-6-11-7-5-8/h2,8,11H,1,3-7H2. The number of aromatic nitrogens is 2. The second kappa shape index (κ2) is 4.37. The van der Waals surface area contributed by atoms with Crippen LogP contribution in [-0.4, -0.2) is 23.2 Å². The summed E-state index contributed by atoms with van der Waals surface area (Å²) in [5.74, 6) is 1.99. The minimum atomic E-state index is 0.447. The van der Waals surface area contributed by atoms with E-state index in [-0.39, 0.29) is 0 Å². The predicted molar refractivity (Wildman–Crippen MR) is 53.0 cm³/mol. The van der Waals surface area contributed by atoms with Crippen molar-refractivity contribution in [2.24, 2.45) is 0 Å². The van der Waals surface area contributed by atoms with E-state index in [1.807, 2.05) is 0 Å². The molecule has 0 spiro atoms. The van der Waals surface area contributed by atoms with Crippen LogP contribution in [0.4, 0.5) is 0 Å². The van der Waals surface area contributed by atoms with Gasteiger partial charge in [-0.25, -0.2) is 0 Å². The maximum atomic E-state index is 5.22. The second-order valence-electron chi connectivity index (χ2n) is 3.57. The zero-order chi connectivity index (χ0) is 9.80. The van der Waals surface area contributed by atoms with Gasteiger partial charge in [0.2, 0.25) is 5.89 Å². The van der Waals surface area contributed by atoms with Crippen LogP contribution in [0.25, 0.3) is 0 Å². The molecule has 0 atom stereocenters. The number of nitrogens with zero attached hydrogens (tertiary/aromatic N) is 2. The van der Waals surface area contributed by atoms with Crippen molar-refractivity contribution in [1.82, 2.24) is 15.5 Å². The first-order valence-corrected chi connectivity index (χ1v) is 5.04. The molecule has 4 heteroatoms. The first-order chi connectivity index (χ1) is 6.90. The Kier molecular flexibility index (Phi) is 2.93. The lowest BCUT2D eigenvalue weighted by atomic mass is 9.98. The molecule has 1 aliphatic heterocycles. The summed E-state index contributed by atoms with van der Waals surface area (Å²) in [5, 5.41) is 7.21. The Morgan fingerprint density at radius 1 is 1.50 bits per heavy atom. The lowest BCUT2D eigenvalue weighted by Crippen LogP contribution is -2.26. The highest BCUT2D eigenvalue weighted by atomic mass is 16.5. The third-order valence-corrected chi connectivity index (χ3v) is 2.50. The predicted octanol–water partition coefficient (Wildman–Crippen LogP) is 1.27. The van der Waals surface area contributed by atoms with E-state index >= 15 is 0 Å². The quantitative estimate of drug-likeness (QED) is 0.734. The molecule has 1 aromatic rings. The molecule has 0 saturated carbocycles. The van der Waals surface area contributed by atoms with Crippen molar-refractivity contribution < 1.29 is 4.52 Å². The normalized spacial score (nSPS) is 18.3. The summed E-state index contributed by atoms with van der Waals surface area (Å²) in [5.41, 5.74) is 0. The molecule has 0 aliphatic carbocycles. The van der Waals surface area contributed by atoms with Crippen LogP contribution < -0.4 is 5.32 Å². The van der Waals surface area contributed by atoms with Crippen LogP contribution in [0, 0.1) is 0 Å². The molecule has 76 valence electrons. The maximum absolute atomic E-state index is 5.22. The van der Waals surface area contributed by atoms with Gasteiger partial charge in [0.15, 0.2) is 5.82 Å². The van der Waals surface area contributed by atoms with E-state index in [1.54, 1.807) is 6.08 Å². The van der Waals surface area contributed by atoms with Gasteiger partial charge in [-0.2, -0.15) is 4.98 Å². The lowest BCUT2D eigenvalue weighted by molar-refractivity contribution is 0.318. The van der Waals surface area contributed by atoms with Crippen molar-refractivity contribution >= 4 is 0 Å². The second-order valence-corrected chi connectivity index (χ2v) is 3.57. The van der Waals surface area contributed by atoms with Crippen LogP contribution >= 0.6 is 0 Å². The van der Waals surface area contributed by atoms with E-state index in [4.69, 9.17) is 4.52 Å². The Labute approximate surface area is 83.4 Å². The van der Waals surface area contributed by atoms with E-state index in [2.05, 4.69) is 22.0 Å². The van der Waals surface area contributed by atoms with Gasteiger partial charge < -0.3 is 9.84 Å². The smallest absolute Gasteiger partial charge is 0.229 e. The Bertz CT molecular complexity index is 302. The van der Waals surface area contributed by atoms with Crippen molar-refractivity contribution in [3.8, 4) is 0 Å². The first-order valence-electron chi connectivity index (χ1n) is 5.04.